The topological polar surface area (TPSA) is 61.4 Å². The van der Waals surface area contributed by atoms with Crippen LogP contribution in [0.3, 0.4) is 0 Å². The zero-order valence-corrected chi connectivity index (χ0v) is 8.03. The molecule has 0 aromatic carbocycles. The second-order valence-electron chi connectivity index (χ2n) is 1.61. The van der Waals surface area contributed by atoms with Crippen LogP contribution in [0.15, 0.2) is 0 Å². The van der Waals surface area contributed by atoms with Crippen LogP contribution in [0.4, 0.5) is 0 Å². The van der Waals surface area contributed by atoms with Gasteiger partial charge in [0.15, 0.2) is 0 Å². The van der Waals surface area contributed by atoms with E-state index in [-0.39, 0.29) is 13.1 Å². The van der Waals surface area contributed by atoms with Crippen molar-refractivity contribution >= 4 is 30.9 Å². The molecule has 0 bridgehead atoms. The van der Waals surface area contributed by atoms with Gasteiger partial charge in [0.2, 0.25) is 0 Å². The molecule has 0 aliphatic heterocycles. The zero-order chi connectivity index (χ0) is 10.5. The van der Waals surface area contributed by atoms with Crippen molar-refractivity contribution in [3.05, 3.63) is 0 Å². The normalized spacial score (nSPS) is 24.6. The summed E-state index contributed by atoms with van der Waals surface area (Å²) in [5.41, 5.74) is 0. The number of nitrogens with one attached hydrogen (secondary N) is 2. The molecule has 2 unspecified atom stereocenters. The zero-order valence-electron chi connectivity index (χ0n) is 7.63. The van der Waals surface area contributed by atoms with Gasteiger partial charge in [0.25, 0.3) is 0 Å². The molecule has 0 aromatic heterocycles. The molecular weight excluding hydrogens is 212 g/mol. The summed E-state index contributed by atoms with van der Waals surface area (Å²) < 4.78 is 24.8. The molecule has 0 heterocycles. The maximum absolute atomic E-state index is 11.1. The smallest absolute Gasteiger partial charge is 0.322 e. The first-order valence-corrected chi connectivity index (χ1v) is 5.32. The van der Waals surface area contributed by atoms with Crippen LogP contribution in [-0.2, 0) is 4.57 Å². The van der Waals surface area contributed by atoms with E-state index in [1.165, 1.54) is 0 Å². The third kappa shape index (κ3) is 7.06. The monoisotopic (exact) mass is 226 g/mol. The molecule has 0 aromatic rings. The highest BCUT2D eigenvalue weighted by atomic mass is 35.5. The van der Waals surface area contributed by atoms with Gasteiger partial charge in [-0.15, -0.1) is 23.2 Å². The Morgan fingerprint density at radius 1 is 1.36 bits per heavy atom. The Morgan fingerprint density at radius 3 is 2.00 bits per heavy atom. The molecule has 11 heavy (non-hydrogen) atoms. The molecule has 7 heteroatoms. The van der Waals surface area contributed by atoms with Gasteiger partial charge in [-0.05, 0) is 0 Å². The minimum absolute atomic E-state index is 0.118. The largest absolute Gasteiger partial charge is 0.338 e. The lowest BCUT2D eigenvalue weighted by Gasteiger charge is -2.11. The first-order valence-electron chi connectivity index (χ1n) is 3.94. The molecule has 0 amide bonds. The van der Waals surface area contributed by atoms with Crippen LogP contribution in [0, 0.1) is 0 Å². The maximum Gasteiger partial charge on any atom is 0.338 e. The van der Waals surface area contributed by atoms with Crippen molar-refractivity contribution in [3.8, 4) is 0 Å². The minimum atomic E-state index is -3.71. The third-order valence-corrected chi connectivity index (χ3v) is 2.30. The van der Waals surface area contributed by atoms with Gasteiger partial charge in [-0.2, -0.15) is 0 Å². The molecule has 0 aliphatic rings. The highest BCUT2D eigenvalue weighted by molar-refractivity contribution is 7.53. The standard InChI is InChI=1S/C4H11Cl2N2O2P/c5-1-3-7-11(9,10)8-4-2-6/h1-4H2,(H3,7,8,9,10)/i1T,2T,11+2. The summed E-state index contributed by atoms with van der Waals surface area (Å²) in [6.07, 6.45) is 0. The van der Waals surface area contributed by atoms with Crippen molar-refractivity contribution in [2.75, 3.05) is 24.8 Å². The second kappa shape index (κ2) is 6.23. The van der Waals surface area contributed by atoms with Crippen LogP contribution in [0.1, 0.15) is 2.74 Å². The molecular formula is C4H11Cl2N2O2P. The summed E-state index contributed by atoms with van der Waals surface area (Å²) in [6, 6.07) is 0. The van der Waals surface area contributed by atoms with Crippen molar-refractivity contribution in [1.29, 1.82) is 0 Å². The highest BCUT2D eigenvalue weighted by Crippen LogP contribution is 2.28. The molecule has 0 aliphatic carbocycles. The van der Waals surface area contributed by atoms with Gasteiger partial charge >= 0.3 is 7.67 Å². The van der Waals surface area contributed by atoms with E-state index in [0.717, 1.165) is 0 Å². The quantitative estimate of drug-likeness (QED) is 0.462. The maximum atomic E-state index is 11.1. The number of rotatable bonds is 6. The number of halogens is 2. The van der Waals surface area contributed by atoms with Crippen LogP contribution in [0.5, 0.6) is 0 Å². The van der Waals surface area contributed by atoms with Gasteiger partial charge in [0, 0.05) is 27.5 Å². The summed E-state index contributed by atoms with van der Waals surface area (Å²) in [6.45, 7) is -0.236. The van der Waals surface area contributed by atoms with Gasteiger partial charge in [0.05, 0.1) is 0 Å². The van der Waals surface area contributed by atoms with Gasteiger partial charge < -0.3 is 4.89 Å². The molecule has 2 atom stereocenters. The average Bonchev–Trinajstić information content (AvgIpc) is 1.98. The van der Waals surface area contributed by atoms with Crippen molar-refractivity contribution in [2.24, 2.45) is 0 Å². The lowest BCUT2D eigenvalue weighted by Crippen LogP contribution is -2.24. The Balaban J connectivity index is 3.74. The molecule has 0 spiro atoms. The van der Waals surface area contributed by atoms with E-state index in [1.54, 1.807) is 0 Å². The van der Waals surface area contributed by atoms with Crippen LogP contribution in [0.2, 0.25) is 0 Å². The average molecular weight is 227 g/mol. The van der Waals surface area contributed by atoms with Crippen LogP contribution in [0.25, 0.3) is 0 Å². The lowest BCUT2D eigenvalue weighted by molar-refractivity contribution is 0.451. The fourth-order valence-electron chi connectivity index (χ4n) is 0.372. The van der Waals surface area contributed by atoms with Crippen molar-refractivity contribution in [2.45, 2.75) is 0 Å². The van der Waals surface area contributed by atoms with E-state index >= 15 is 0 Å². The Bertz CT molecular complexity index is 179. The van der Waals surface area contributed by atoms with Crippen molar-refractivity contribution in [3.63, 3.8) is 0 Å². The molecule has 0 rings (SSSR count). The van der Waals surface area contributed by atoms with E-state index in [4.69, 9.17) is 30.8 Å². The first-order chi connectivity index (χ1) is 5.83. The summed E-state index contributed by atoms with van der Waals surface area (Å²) >= 11 is 10.5. The SMILES string of the molecule is [3H]C(Cl)CN[33P](=O)(O)NCC([3H])Cl. The number of hydrogen-bond acceptors (Lipinski definition) is 1. The first kappa shape index (κ1) is 8.30. The third-order valence-electron chi connectivity index (χ3n) is 0.766. The van der Waals surface area contributed by atoms with E-state index in [0.29, 0.717) is 0 Å². The van der Waals surface area contributed by atoms with Gasteiger partial charge in [-0.3, -0.25) is 4.57 Å². The summed E-state index contributed by atoms with van der Waals surface area (Å²) in [5.74, 6) is -1.96. The van der Waals surface area contributed by atoms with Crippen LogP contribution >= 0.6 is 30.9 Å². The predicted octanol–water partition coefficient (Wildman–Crippen LogP) is 0.744. The molecule has 4 nitrogen and oxygen atoms in total. The molecule has 3 N–H and O–H groups in total. The van der Waals surface area contributed by atoms with E-state index in [9.17, 15) is 4.57 Å². The van der Waals surface area contributed by atoms with Gasteiger partial charge in [-0.25, -0.2) is 10.2 Å². The van der Waals surface area contributed by atoms with Crippen molar-refractivity contribution < 1.29 is 12.2 Å². The van der Waals surface area contributed by atoms with E-state index in [2.05, 4.69) is 10.2 Å². The molecule has 0 radical (unpaired) electrons. The highest BCUT2D eigenvalue weighted by Gasteiger charge is 2.14. The van der Waals surface area contributed by atoms with E-state index in [1.807, 2.05) is 0 Å². The second-order valence-corrected chi connectivity index (χ2v) is 4.01. The summed E-state index contributed by atoms with van der Waals surface area (Å²) in [4.78, 5) is 9.06. The fourth-order valence-corrected chi connectivity index (χ4v) is 1.53. The van der Waals surface area contributed by atoms with Crippen LogP contribution in [-0.4, -0.2) is 29.7 Å². The molecule has 0 fully saturated rings. The Morgan fingerprint density at radius 2 is 1.73 bits per heavy atom. The minimum Gasteiger partial charge on any atom is -0.322 e. The predicted molar refractivity (Wildman–Crippen MR) is 47.3 cm³/mol. The Hall–Kier alpha value is 0.690. The molecule has 68 valence electrons. The summed E-state index contributed by atoms with van der Waals surface area (Å²) in [5, 5.41) is 4.30. The van der Waals surface area contributed by atoms with E-state index < -0.39 is 19.4 Å². The Labute approximate surface area is 78.6 Å². The number of hydrogen-bond donors (Lipinski definition) is 3. The van der Waals surface area contributed by atoms with Gasteiger partial charge in [-0.1, -0.05) is 0 Å². The fraction of sp³-hybridized carbons (Fsp3) is 1.00. The summed E-state index contributed by atoms with van der Waals surface area (Å²) in [7, 11) is -3.71. The lowest BCUT2D eigenvalue weighted by atomic mass is 10.8. The van der Waals surface area contributed by atoms with Crippen molar-refractivity contribution in [1.82, 2.24) is 10.2 Å². The molecule has 0 saturated carbocycles. The Kier molecular flexibility index (Phi) is 4.70. The van der Waals surface area contributed by atoms with Gasteiger partial charge in [0.1, 0.15) is 0 Å². The van der Waals surface area contributed by atoms with Crippen LogP contribution < -0.4 is 10.2 Å². The number of alkyl halides is 2. The molecule has 0 saturated heterocycles.